The molecule has 0 fully saturated rings. The molecular weight excluding hydrogens is 175 g/mol. The molecule has 0 atom stereocenters. The van der Waals surface area contributed by atoms with Crippen molar-refractivity contribution in [3.8, 4) is 0 Å². The molecule has 0 radical (unpaired) electrons. The molecular formula is H11AlCaO5Si. The third kappa shape index (κ3) is 111. The van der Waals surface area contributed by atoms with Gasteiger partial charge in [0.2, 0.25) is 0 Å². The Labute approximate surface area is 87.9 Å². The molecule has 0 spiro atoms. The molecule has 0 saturated heterocycles. The SMILES string of the molecule is O.O[Si](O)(O)O.[AlH3].[CaH2]. The Morgan fingerprint density at radius 3 is 0.875 bits per heavy atom. The molecule has 0 amide bonds. The van der Waals surface area contributed by atoms with E-state index in [1.165, 1.54) is 0 Å². The Hall–Kier alpha value is 1.81. The van der Waals surface area contributed by atoms with Crippen LogP contribution in [0.5, 0.6) is 0 Å². The summed E-state index contributed by atoms with van der Waals surface area (Å²) in [5.74, 6) is 0. The Bertz CT molecular complexity index is 27.9. The number of hydrogen-bond donors (Lipinski definition) is 4. The summed E-state index contributed by atoms with van der Waals surface area (Å²) >= 11 is 0. The van der Waals surface area contributed by atoms with E-state index in [1.807, 2.05) is 0 Å². The predicted molar refractivity (Wildman–Crippen MR) is 36.7 cm³/mol. The fourth-order valence-corrected chi connectivity index (χ4v) is 0. The maximum atomic E-state index is 7.33. The van der Waals surface area contributed by atoms with Crippen molar-refractivity contribution in [2.75, 3.05) is 0 Å². The van der Waals surface area contributed by atoms with E-state index >= 15 is 0 Å². The quantitative estimate of drug-likeness (QED) is 0.283. The van der Waals surface area contributed by atoms with Gasteiger partial charge < -0.3 is 24.7 Å². The van der Waals surface area contributed by atoms with Crippen molar-refractivity contribution in [1.29, 1.82) is 0 Å². The second-order valence-corrected chi connectivity index (χ2v) is 1.80. The van der Waals surface area contributed by atoms with Gasteiger partial charge in [-0.3, -0.25) is 0 Å². The molecule has 0 saturated carbocycles. The molecule has 0 aromatic carbocycles. The summed E-state index contributed by atoms with van der Waals surface area (Å²) in [6.45, 7) is 0. The van der Waals surface area contributed by atoms with Gasteiger partial charge >= 0.3 is 46.8 Å². The van der Waals surface area contributed by atoms with Crippen LogP contribution in [0.2, 0.25) is 0 Å². The summed E-state index contributed by atoms with van der Waals surface area (Å²) in [6.07, 6.45) is 0. The van der Waals surface area contributed by atoms with Crippen LogP contribution >= 0.6 is 0 Å². The van der Waals surface area contributed by atoms with Gasteiger partial charge in [-0.25, -0.2) is 0 Å². The van der Waals surface area contributed by atoms with E-state index < -0.39 is 9.05 Å². The Kier molecular flexibility index (Phi) is 24.8. The minimum absolute atomic E-state index is 0. The standard InChI is InChI=1S/Al.Ca.H4O4Si.H2O.5H/c;;1-5(2,3)4;;;;;;/h;;1-4H;1H2;;;;;. The van der Waals surface area contributed by atoms with Crippen molar-refractivity contribution >= 4 is 64.1 Å². The van der Waals surface area contributed by atoms with Crippen molar-refractivity contribution in [2.45, 2.75) is 0 Å². The normalized spacial score (nSPS) is 7.50. The summed E-state index contributed by atoms with van der Waals surface area (Å²) in [5.41, 5.74) is 0. The summed E-state index contributed by atoms with van der Waals surface area (Å²) in [7, 11) is -4.61. The average Bonchev–Trinajstić information content (AvgIpc) is 0.722. The first-order valence-corrected chi connectivity index (χ1v) is 2.68. The molecule has 5 nitrogen and oxygen atoms in total. The minimum atomic E-state index is -4.61. The molecule has 0 heterocycles. The van der Waals surface area contributed by atoms with Gasteiger partial charge in [-0.1, -0.05) is 0 Å². The predicted octanol–water partition coefficient (Wildman–Crippen LogP) is -5.53. The first-order valence-electron chi connectivity index (χ1n) is 0.894. The van der Waals surface area contributed by atoms with Gasteiger partial charge in [-0.05, 0) is 0 Å². The molecule has 0 bridgehead atoms. The van der Waals surface area contributed by atoms with Crippen LogP contribution in [-0.4, -0.2) is 88.8 Å². The van der Waals surface area contributed by atoms with Gasteiger partial charge in [0.05, 0.1) is 0 Å². The summed E-state index contributed by atoms with van der Waals surface area (Å²) in [6, 6.07) is 0. The zero-order chi connectivity index (χ0) is 4.50. The van der Waals surface area contributed by atoms with Gasteiger partial charge in [0, 0.05) is 0 Å². The number of rotatable bonds is 0. The second kappa shape index (κ2) is 8.81. The van der Waals surface area contributed by atoms with Crippen molar-refractivity contribution in [1.82, 2.24) is 0 Å². The Morgan fingerprint density at radius 2 is 0.875 bits per heavy atom. The molecule has 0 aliphatic carbocycles. The third-order valence-electron chi connectivity index (χ3n) is 0. The molecule has 0 aliphatic heterocycles. The zero-order valence-electron chi connectivity index (χ0n) is 2.79. The second-order valence-electron chi connectivity index (χ2n) is 0.600. The van der Waals surface area contributed by atoms with E-state index in [9.17, 15) is 0 Å². The molecule has 0 aliphatic rings. The average molecular weight is 186 g/mol. The molecule has 0 aromatic rings. The summed E-state index contributed by atoms with van der Waals surface area (Å²) < 4.78 is 0. The molecule has 8 heteroatoms. The fraction of sp³-hybridized carbons (Fsp3) is 0. The van der Waals surface area contributed by atoms with Crippen molar-refractivity contribution in [2.24, 2.45) is 0 Å². The third-order valence-corrected chi connectivity index (χ3v) is 0. The monoisotopic (exact) mass is 186 g/mol. The van der Waals surface area contributed by atoms with Crippen LogP contribution in [0.4, 0.5) is 0 Å². The topological polar surface area (TPSA) is 112 Å². The maximum absolute atomic E-state index is 7.33. The van der Waals surface area contributed by atoms with Crippen LogP contribution in [0.1, 0.15) is 0 Å². The van der Waals surface area contributed by atoms with Crippen LogP contribution < -0.4 is 0 Å². The molecule has 0 rings (SSSR count). The summed E-state index contributed by atoms with van der Waals surface area (Å²) in [5, 5.41) is 0. The van der Waals surface area contributed by atoms with Crippen LogP contribution in [0.3, 0.4) is 0 Å². The first-order chi connectivity index (χ1) is 2.00. The van der Waals surface area contributed by atoms with Crippen molar-refractivity contribution < 1.29 is 24.7 Å². The van der Waals surface area contributed by atoms with Crippen LogP contribution in [0, 0.1) is 0 Å². The van der Waals surface area contributed by atoms with Gasteiger partial charge in [0.15, 0.2) is 17.4 Å². The van der Waals surface area contributed by atoms with E-state index in [2.05, 4.69) is 0 Å². The van der Waals surface area contributed by atoms with Gasteiger partial charge in [-0.15, -0.1) is 0 Å². The summed E-state index contributed by atoms with van der Waals surface area (Å²) in [4.78, 5) is 29.3. The molecule has 8 heavy (non-hydrogen) atoms. The van der Waals surface area contributed by atoms with E-state index in [0.717, 1.165) is 0 Å². The van der Waals surface area contributed by atoms with Crippen LogP contribution in [0.15, 0.2) is 0 Å². The molecule has 6 N–H and O–H groups in total. The van der Waals surface area contributed by atoms with Crippen molar-refractivity contribution in [3.63, 3.8) is 0 Å². The Balaban J connectivity index is -0.0000000267. The van der Waals surface area contributed by atoms with Crippen LogP contribution in [0.25, 0.3) is 0 Å². The van der Waals surface area contributed by atoms with E-state index in [-0.39, 0.29) is 60.6 Å². The van der Waals surface area contributed by atoms with E-state index in [0.29, 0.717) is 0 Å². The number of hydrogen-bond acceptors (Lipinski definition) is 4. The van der Waals surface area contributed by atoms with Gasteiger partial charge in [-0.2, -0.15) is 0 Å². The molecule has 50 valence electrons. The fourth-order valence-electron chi connectivity index (χ4n) is 0. The molecule has 0 unspecified atom stereocenters. The van der Waals surface area contributed by atoms with Crippen molar-refractivity contribution in [3.05, 3.63) is 0 Å². The first kappa shape index (κ1) is 22.6. The van der Waals surface area contributed by atoms with E-state index in [4.69, 9.17) is 19.2 Å². The van der Waals surface area contributed by atoms with Gasteiger partial charge in [0.25, 0.3) is 0 Å². The van der Waals surface area contributed by atoms with E-state index in [1.54, 1.807) is 0 Å². The molecule has 0 aromatic heterocycles. The van der Waals surface area contributed by atoms with Crippen LogP contribution in [-0.2, 0) is 0 Å². The van der Waals surface area contributed by atoms with Gasteiger partial charge in [0.1, 0.15) is 0 Å². The zero-order valence-corrected chi connectivity index (χ0v) is 3.79. The Morgan fingerprint density at radius 1 is 0.875 bits per heavy atom.